The summed E-state index contributed by atoms with van der Waals surface area (Å²) in [5.74, 6) is -0.387. The van der Waals surface area contributed by atoms with E-state index < -0.39 is 15.3 Å². The highest BCUT2D eigenvalue weighted by Crippen LogP contribution is 2.27. The molecule has 1 aromatic carbocycles. The Balaban J connectivity index is 2.07. The molecule has 0 aromatic heterocycles. The Hall–Kier alpha value is -1.40. The Labute approximate surface area is 118 Å². The van der Waals surface area contributed by atoms with E-state index in [9.17, 15) is 13.2 Å². The summed E-state index contributed by atoms with van der Waals surface area (Å²) in [6.07, 6.45) is 1.56. The molecule has 1 aliphatic heterocycles. The van der Waals surface area contributed by atoms with E-state index in [4.69, 9.17) is 9.47 Å². The molecule has 1 aliphatic rings. The summed E-state index contributed by atoms with van der Waals surface area (Å²) in [7, 11) is -3.50. The highest BCUT2D eigenvalue weighted by molar-refractivity contribution is 7.91. The second-order valence-corrected chi connectivity index (χ2v) is 6.87. The molecule has 0 spiro atoms. The molecule has 5 nitrogen and oxygen atoms in total. The predicted octanol–water partition coefficient (Wildman–Crippen LogP) is 1.92. The SMILES string of the molecule is CC(=O)OC[C@@H]1CCC[C@@H](S(=O)(=O)c2ccccc2)O1. The van der Waals surface area contributed by atoms with Gasteiger partial charge in [-0.2, -0.15) is 0 Å². The second kappa shape index (κ2) is 6.37. The number of carbonyl (C=O) groups excluding carboxylic acids is 1. The highest BCUT2D eigenvalue weighted by atomic mass is 32.2. The zero-order chi connectivity index (χ0) is 14.6. The van der Waals surface area contributed by atoms with Crippen molar-refractivity contribution in [2.24, 2.45) is 0 Å². The van der Waals surface area contributed by atoms with Gasteiger partial charge in [0.2, 0.25) is 9.84 Å². The van der Waals surface area contributed by atoms with E-state index in [2.05, 4.69) is 0 Å². The molecule has 0 N–H and O–H groups in total. The van der Waals surface area contributed by atoms with Gasteiger partial charge in [-0.05, 0) is 31.4 Å². The third kappa shape index (κ3) is 3.58. The number of benzene rings is 1. The molecule has 1 fully saturated rings. The summed E-state index contributed by atoms with van der Waals surface area (Å²) in [6, 6.07) is 8.27. The smallest absolute Gasteiger partial charge is 0.302 e. The average molecular weight is 298 g/mol. The van der Waals surface area contributed by atoms with Gasteiger partial charge in [-0.3, -0.25) is 4.79 Å². The maximum absolute atomic E-state index is 12.4. The molecule has 1 saturated heterocycles. The van der Waals surface area contributed by atoms with E-state index in [-0.39, 0.29) is 23.6 Å². The minimum atomic E-state index is -3.50. The molecule has 2 rings (SSSR count). The standard InChI is InChI=1S/C14H18O5S/c1-11(15)18-10-12-6-5-9-14(19-12)20(16,17)13-7-3-2-4-8-13/h2-4,7-8,12,14H,5-6,9-10H2,1H3/t12-,14+/m0/s1. The molecule has 6 heteroatoms. The first-order valence-electron chi connectivity index (χ1n) is 6.58. The number of rotatable bonds is 4. The van der Waals surface area contributed by atoms with E-state index in [1.807, 2.05) is 0 Å². The molecular weight excluding hydrogens is 280 g/mol. The topological polar surface area (TPSA) is 69.7 Å². The van der Waals surface area contributed by atoms with Gasteiger partial charge in [-0.15, -0.1) is 0 Å². The number of ether oxygens (including phenoxy) is 2. The van der Waals surface area contributed by atoms with E-state index in [0.29, 0.717) is 12.8 Å². The van der Waals surface area contributed by atoms with Crippen molar-refractivity contribution in [2.75, 3.05) is 6.61 Å². The Morgan fingerprint density at radius 1 is 1.30 bits per heavy atom. The van der Waals surface area contributed by atoms with Gasteiger partial charge in [0, 0.05) is 6.92 Å². The summed E-state index contributed by atoms with van der Waals surface area (Å²) in [5, 5.41) is 0. The summed E-state index contributed by atoms with van der Waals surface area (Å²) < 4.78 is 35.4. The Morgan fingerprint density at radius 3 is 2.65 bits per heavy atom. The summed E-state index contributed by atoms with van der Waals surface area (Å²) >= 11 is 0. The Kier molecular flexibility index (Phi) is 4.77. The lowest BCUT2D eigenvalue weighted by atomic mass is 10.1. The van der Waals surface area contributed by atoms with Gasteiger partial charge in [0.25, 0.3) is 0 Å². The zero-order valence-electron chi connectivity index (χ0n) is 11.3. The molecule has 20 heavy (non-hydrogen) atoms. The fourth-order valence-electron chi connectivity index (χ4n) is 2.19. The maximum Gasteiger partial charge on any atom is 0.302 e. The monoisotopic (exact) mass is 298 g/mol. The van der Waals surface area contributed by atoms with E-state index >= 15 is 0 Å². The van der Waals surface area contributed by atoms with E-state index in [0.717, 1.165) is 6.42 Å². The molecule has 0 saturated carbocycles. The third-order valence-electron chi connectivity index (χ3n) is 3.20. The van der Waals surface area contributed by atoms with Crippen LogP contribution in [0.25, 0.3) is 0 Å². The second-order valence-electron chi connectivity index (χ2n) is 4.78. The molecule has 0 bridgehead atoms. The first kappa shape index (κ1) is 15.0. The summed E-state index contributed by atoms with van der Waals surface area (Å²) in [4.78, 5) is 11.1. The lowest BCUT2D eigenvalue weighted by molar-refractivity contribution is -0.147. The van der Waals surface area contributed by atoms with E-state index in [1.165, 1.54) is 6.92 Å². The number of hydrogen-bond acceptors (Lipinski definition) is 5. The number of carbonyl (C=O) groups is 1. The maximum atomic E-state index is 12.4. The van der Waals surface area contributed by atoms with Crippen LogP contribution >= 0.6 is 0 Å². The quantitative estimate of drug-likeness (QED) is 0.794. The van der Waals surface area contributed by atoms with Gasteiger partial charge in [0.1, 0.15) is 6.61 Å². The van der Waals surface area contributed by atoms with Crippen LogP contribution in [-0.4, -0.2) is 32.5 Å². The molecule has 0 unspecified atom stereocenters. The lowest BCUT2D eigenvalue weighted by Gasteiger charge is -2.29. The minimum Gasteiger partial charge on any atom is -0.463 e. The molecule has 1 aromatic rings. The Bertz CT molecular complexity index is 552. The van der Waals surface area contributed by atoms with Crippen molar-refractivity contribution in [3.63, 3.8) is 0 Å². The van der Waals surface area contributed by atoms with Crippen LogP contribution in [-0.2, 0) is 24.1 Å². The number of sulfone groups is 1. The van der Waals surface area contributed by atoms with E-state index in [1.54, 1.807) is 30.3 Å². The van der Waals surface area contributed by atoms with Crippen LogP contribution in [0.4, 0.5) is 0 Å². The molecule has 110 valence electrons. The average Bonchev–Trinajstić information content (AvgIpc) is 2.46. The normalized spacial score (nSPS) is 23.2. The molecule has 0 aliphatic carbocycles. The van der Waals surface area contributed by atoms with Crippen molar-refractivity contribution in [3.8, 4) is 0 Å². The van der Waals surface area contributed by atoms with Crippen molar-refractivity contribution in [1.82, 2.24) is 0 Å². The van der Waals surface area contributed by atoms with Gasteiger partial charge in [0.05, 0.1) is 11.0 Å². The van der Waals surface area contributed by atoms with Crippen molar-refractivity contribution in [2.45, 2.75) is 42.6 Å². The number of esters is 1. The van der Waals surface area contributed by atoms with Crippen LogP contribution in [0.3, 0.4) is 0 Å². The van der Waals surface area contributed by atoms with Crippen molar-refractivity contribution >= 4 is 15.8 Å². The fraction of sp³-hybridized carbons (Fsp3) is 0.500. The number of hydrogen-bond donors (Lipinski definition) is 0. The van der Waals surface area contributed by atoms with Crippen LogP contribution in [0.5, 0.6) is 0 Å². The van der Waals surface area contributed by atoms with Crippen molar-refractivity contribution in [1.29, 1.82) is 0 Å². The first-order valence-corrected chi connectivity index (χ1v) is 8.12. The van der Waals surface area contributed by atoms with Gasteiger partial charge < -0.3 is 9.47 Å². The van der Waals surface area contributed by atoms with Gasteiger partial charge in [-0.25, -0.2) is 8.42 Å². The minimum absolute atomic E-state index is 0.107. The largest absolute Gasteiger partial charge is 0.463 e. The van der Waals surface area contributed by atoms with Crippen LogP contribution in [0, 0.1) is 0 Å². The lowest BCUT2D eigenvalue weighted by Crippen LogP contribution is -2.36. The summed E-state index contributed by atoms with van der Waals surface area (Å²) in [6.45, 7) is 1.43. The van der Waals surface area contributed by atoms with Crippen LogP contribution < -0.4 is 0 Å². The van der Waals surface area contributed by atoms with Gasteiger partial charge in [-0.1, -0.05) is 18.2 Å². The van der Waals surface area contributed by atoms with Crippen LogP contribution in [0.15, 0.2) is 35.2 Å². The highest BCUT2D eigenvalue weighted by Gasteiger charge is 2.33. The van der Waals surface area contributed by atoms with Crippen molar-refractivity contribution in [3.05, 3.63) is 30.3 Å². The molecule has 2 atom stereocenters. The van der Waals surface area contributed by atoms with Gasteiger partial charge in [0.15, 0.2) is 5.44 Å². The van der Waals surface area contributed by atoms with Crippen molar-refractivity contribution < 1.29 is 22.7 Å². The third-order valence-corrected chi connectivity index (χ3v) is 5.17. The zero-order valence-corrected chi connectivity index (χ0v) is 12.1. The molecular formula is C14H18O5S. The first-order chi connectivity index (χ1) is 9.50. The fourth-order valence-corrected chi connectivity index (χ4v) is 3.81. The van der Waals surface area contributed by atoms with Gasteiger partial charge >= 0.3 is 5.97 Å². The molecule has 0 radical (unpaired) electrons. The summed E-state index contributed by atoms with van der Waals surface area (Å²) in [5.41, 5.74) is -0.862. The molecule has 0 amide bonds. The molecule has 1 heterocycles. The van der Waals surface area contributed by atoms with Crippen LogP contribution in [0.2, 0.25) is 0 Å². The van der Waals surface area contributed by atoms with Crippen LogP contribution in [0.1, 0.15) is 26.2 Å². The predicted molar refractivity (Wildman–Crippen MR) is 72.8 cm³/mol. The Morgan fingerprint density at radius 2 is 2.00 bits per heavy atom.